The number of nitrogens with one attached hydrogen (secondary N) is 1. The summed E-state index contributed by atoms with van der Waals surface area (Å²) in [5.41, 5.74) is 0. The lowest BCUT2D eigenvalue weighted by molar-refractivity contribution is 0.159. The van der Waals surface area contributed by atoms with Crippen LogP contribution < -0.4 is 10.1 Å². The van der Waals surface area contributed by atoms with Crippen LogP contribution >= 0.6 is 11.6 Å². The molecular weight excluding hydrogens is 202 g/mol. The monoisotopic (exact) mass is 213 g/mol. The second-order valence-electron chi connectivity index (χ2n) is 3.28. The summed E-state index contributed by atoms with van der Waals surface area (Å²) in [6.45, 7) is 1.95. The third-order valence-electron chi connectivity index (χ3n) is 2.15. The van der Waals surface area contributed by atoms with Crippen molar-refractivity contribution in [1.82, 2.24) is 15.5 Å². The Morgan fingerprint density at radius 2 is 2.36 bits per heavy atom. The fourth-order valence-electron chi connectivity index (χ4n) is 1.46. The Kier molecular flexibility index (Phi) is 3.16. The molecule has 5 heteroatoms. The molecule has 0 aliphatic carbocycles. The summed E-state index contributed by atoms with van der Waals surface area (Å²) in [6, 6.07) is 3.42. The highest BCUT2D eigenvalue weighted by Gasteiger charge is 2.14. The highest BCUT2D eigenvalue weighted by molar-refractivity contribution is 6.29. The first kappa shape index (κ1) is 9.68. The van der Waals surface area contributed by atoms with E-state index in [9.17, 15) is 0 Å². The van der Waals surface area contributed by atoms with Gasteiger partial charge in [0, 0.05) is 12.6 Å². The lowest BCUT2D eigenvalue weighted by Crippen LogP contribution is -2.37. The number of aromatic nitrogens is 2. The maximum atomic E-state index is 5.62. The van der Waals surface area contributed by atoms with Crippen molar-refractivity contribution >= 4 is 11.6 Å². The molecule has 2 heterocycles. The predicted octanol–water partition coefficient (Wildman–Crippen LogP) is 1.26. The van der Waals surface area contributed by atoms with E-state index in [1.807, 2.05) is 0 Å². The highest BCUT2D eigenvalue weighted by atomic mass is 35.5. The molecular formula is C9H12ClN3O. The number of ether oxygens (including phenoxy) is 1. The summed E-state index contributed by atoms with van der Waals surface area (Å²) in [7, 11) is 0. The average molecular weight is 214 g/mol. The van der Waals surface area contributed by atoms with E-state index in [0.717, 1.165) is 25.9 Å². The molecule has 0 radical (unpaired) electrons. The second kappa shape index (κ2) is 4.57. The number of halogens is 1. The quantitative estimate of drug-likeness (QED) is 0.804. The zero-order valence-electron chi connectivity index (χ0n) is 7.74. The number of hydrogen-bond acceptors (Lipinski definition) is 4. The first-order valence-corrected chi connectivity index (χ1v) is 5.09. The Hall–Kier alpha value is -0.870. The van der Waals surface area contributed by atoms with Crippen molar-refractivity contribution in [2.45, 2.75) is 18.9 Å². The Morgan fingerprint density at radius 1 is 1.43 bits per heavy atom. The van der Waals surface area contributed by atoms with E-state index in [2.05, 4.69) is 15.5 Å². The summed E-state index contributed by atoms with van der Waals surface area (Å²) in [5.74, 6) is 0.545. The molecule has 14 heavy (non-hydrogen) atoms. The molecule has 1 fully saturated rings. The second-order valence-corrected chi connectivity index (χ2v) is 3.67. The molecule has 0 saturated carbocycles. The minimum atomic E-state index is 0.208. The minimum Gasteiger partial charge on any atom is -0.472 e. The Bertz CT molecular complexity index is 285. The van der Waals surface area contributed by atoms with Crippen molar-refractivity contribution < 1.29 is 4.74 Å². The molecule has 0 amide bonds. The van der Waals surface area contributed by atoms with Gasteiger partial charge in [0.2, 0.25) is 5.88 Å². The van der Waals surface area contributed by atoms with Crippen molar-refractivity contribution in [1.29, 1.82) is 0 Å². The number of hydrogen-bond donors (Lipinski definition) is 1. The first-order valence-electron chi connectivity index (χ1n) is 4.71. The summed E-state index contributed by atoms with van der Waals surface area (Å²) in [6.07, 6.45) is 2.42. The fourth-order valence-corrected chi connectivity index (χ4v) is 1.56. The smallest absolute Gasteiger partial charge is 0.233 e. The molecule has 76 valence electrons. The molecule has 0 unspecified atom stereocenters. The van der Waals surface area contributed by atoms with Gasteiger partial charge in [-0.1, -0.05) is 11.6 Å². The standard InChI is InChI=1S/C9H12ClN3O/c10-8-3-4-9(13-12-8)14-7-2-1-5-11-6-7/h3-4,7,11H,1-2,5-6H2/t7-/m1/s1. The molecule has 2 rings (SSSR count). The van der Waals surface area contributed by atoms with Crippen molar-refractivity contribution in [2.24, 2.45) is 0 Å². The van der Waals surface area contributed by atoms with Gasteiger partial charge in [-0.3, -0.25) is 0 Å². The van der Waals surface area contributed by atoms with Crippen LogP contribution in [0.2, 0.25) is 5.15 Å². The van der Waals surface area contributed by atoms with Crippen LogP contribution in [0.25, 0.3) is 0 Å². The van der Waals surface area contributed by atoms with Crippen molar-refractivity contribution in [2.75, 3.05) is 13.1 Å². The topological polar surface area (TPSA) is 47.0 Å². The van der Waals surface area contributed by atoms with Crippen molar-refractivity contribution in [3.63, 3.8) is 0 Å². The van der Waals surface area contributed by atoms with E-state index in [4.69, 9.17) is 16.3 Å². The molecule has 1 aliphatic heterocycles. The third-order valence-corrected chi connectivity index (χ3v) is 2.35. The SMILES string of the molecule is Clc1ccc(O[C@@H]2CCCNC2)nn1. The van der Waals surface area contributed by atoms with Gasteiger partial charge in [-0.05, 0) is 25.5 Å². The van der Waals surface area contributed by atoms with Crippen LogP contribution in [0, 0.1) is 0 Å². The Labute approximate surface area is 87.6 Å². The Morgan fingerprint density at radius 3 is 3.00 bits per heavy atom. The fraction of sp³-hybridized carbons (Fsp3) is 0.556. The van der Waals surface area contributed by atoms with Crippen LogP contribution in [0.4, 0.5) is 0 Å². The maximum Gasteiger partial charge on any atom is 0.233 e. The number of rotatable bonds is 2. The molecule has 1 aliphatic rings. The van der Waals surface area contributed by atoms with Gasteiger partial charge >= 0.3 is 0 Å². The predicted molar refractivity (Wildman–Crippen MR) is 53.6 cm³/mol. The van der Waals surface area contributed by atoms with E-state index in [-0.39, 0.29) is 6.10 Å². The molecule has 4 nitrogen and oxygen atoms in total. The van der Waals surface area contributed by atoms with Crippen LogP contribution in [0.1, 0.15) is 12.8 Å². The van der Waals surface area contributed by atoms with Crippen LogP contribution in [0.5, 0.6) is 5.88 Å². The van der Waals surface area contributed by atoms with Gasteiger partial charge in [0.15, 0.2) is 5.15 Å². The van der Waals surface area contributed by atoms with Gasteiger partial charge in [0.1, 0.15) is 6.10 Å². The van der Waals surface area contributed by atoms with Gasteiger partial charge in [0.25, 0.3) is 0 Å². The summed E-state index contributed by atoms with van der Waals surface area (Å²) >= 11 is 5.61. The van der Waals surface area contributed by atoms with E-state index in [1.54, 1.807) is 12.1 Å². The first-order chi connectivity index (χ1) is 6.84. The van der Waals surface area contributed by atoms with E-state index < -0.39 is 0 Å². The Balaban J connectivity index is 1.92. The van der Waals surface area contributed by atoms with Crippen LogP contribution in [-0.4, -0.2) is 29.4 Å². The lowest BCUT2D eigenvalue weighted by Gasteiger charge is -2.22. The molecule has 1 saturated heterocycles. The maximum absolute atomic E-state index is 5.62. The van der Waals surface area contributed by atoms with Gasteiger partial charge in [0.05, 0.1) is 0 Å². The number of piperidine rings is 1. The summed E-state index contributed by atoms with van der Waals surface area (Å²) < 4.78 is 5.62. The highest BCUT2D eigenvalue weighted by Crippen LogP contribution is 2.13. The molecule has 0 bridgehead atoms. The molecule has 1 atom stereocenters. The minimum absolute atomic E-state index is 0.208. The van der Waals surface area contributed by atoms with Crippen LogP contribution in [0.3, 0.4) is 0 Å². The van der Waals surface area contributed by atoms with Crippen molar-refractivity contribution in [3.05, 3.63) is 17.3 Å². The van der Waals surface area contributed by atoms with E-state index >= 15 is 0 Å². The molecule has 1 aromatic heterocycles. The molecule has 0 aromatic carbocycles. The molecule has 0 spiro atoms. The summed E-state index contributed by atoms with van der Waals surface area (Å²) in [5, 5.41) is 11.2. The zero-order chi connectivity index (χ0) is 9.80. The largest absolute Gasteiger partial charge is 0.472 e. The normalized spacial score (nSPS) is 21.9. The summed E-state index contributed by atoms with van der Waals surface area (Å²) in [4.78, 5) is 0. The molecule has 1 aromatic rings. The van der Waals surface area contributed by atoms with Gasteiger partial charge in [-0.15, -0.1) is 10.2 Å². The molecule has 1 N–H and O–H groups in total. The third kappa shape index (κ3) is 2.56. The van der Waals surface area contributed by atoms with Crippen LogP contribution in [-0.2, 0) is 0 Å². The van der Waals surface area contributed by atoms with Gasteiger partial charge < -0.3 is 10.1 Å². The van der Waals surface area contributed by atoms with E-state index in [0.29, 0.717) is 11.0 Å². The zero-order valence-corrected chi connectivity index (χ0v) is 8.50. The average Bonchev–Trinajstić information content (AvgIpc) is 2.23. The van der Waals surface area contributed by atoms with Crippen molar-refractivity contribution in [3.8, 4) is 5.88 Å². The van der Waals surface area contributed by atoms with Crippen LogP contribution in [0.15, 0.2) is 12.1 Å². The van der Waals surface area contributed by atoms with E-state index in [1.165, 1.54) is 0 Å². The van der Waals surface area contributed by atoms with Gasteiger partial charge in [-0.2, -0.15) is 0 Å². The van der Waals surface area contributed by atoms with Gasteiger partial charge in [-0.25, -0.2) is 0 Å². The lowest BCUT2D eigenvalue weighted by atomic mass is 10.1. The number of nitrogens with zero attached hydrogens (tertiary/aromatic N) is 2.